The van der Waals surface area contributed by atoms with Crippen molar-refractivity contribution in [2.45, 2.75) is 24.9 Å². The Balaban J connectivity index is 1.40. The van der Waals surface area contributed by atoms with E-state index in [4.69, 9.17) is 0 Å². The highest BCUT2D eigenvalue weighted by molar-refractivity contribution is 6.07. The maximum absolute atomic E-state index is 12.8. The van der Waals surface area contributed by atoms with Crippen molar-refractivity contribution < 1.29 is 14.7 Å². The molecule has 6 nitrogen and oxygen atoms in total. The first-order valence-corrected chi connectivity index (χ1v) is 9.35. The summed E-state index contributed by atoms with van der Waals surface area (Å²) in [5.74, 6) is -0.616. The molecule has 0 saturated carbocycles. The third-order valence-electron chi connectivity index (χ3n) is 5.63. The summed E-state index contributed by atoms with van der Waals surface area (Å²) < 4.78 is 0. The Bertz CT molecular complexity index is 815. The zero-order valence-electron chi connectivity index (χ0n) is 15.0. The molecule has 0 spiro atoms. The lowest BCUT2D eigenvalue weighted by molar-refractivity contribution is -0.133. The maximum Gasteiger partial charge on any atom is 0.247 e. The number of piperidine rings is 1. The van der Waals surface area contributed by atoms with Crippen molar-refractivity contribution in [1.82, 2.24) is 10.3 Å². The molecule has 0 aromatic heterocycles. The van der Waals surface area contributed by atoms with Crippen LogP contribution in [0.3, 0.4) is 0 Å². The van der Waals surface area contributed by atoms with Gasteiger partial charge in [-0.05, 0) is 12.0 Å². The van der Waals surface area contributed by atoms with E-state index >= 15 is 0 Å². The van der Waals surface area contributed by atoms with Gasteiger partial charge in [0.15, 0.2) is 0 Å². The quantitative estimate of drug-likeness (QED) is 0.854. The number of carbonyl (C=O) groups is 2. The molecule has 4 atom stereocenters. The van der Waals surface area contributed by atoms with Crippen molar-refractivity contribution in [3.05, 3.63) is 60.2 Å². The van der Waals surface area contributed by atoms with Gasteiger partial charge in [-0.25, -0.2) is 5.43 Å². The smallest absolute Gasteiger partial charge is 0.247 e. The fourth-order valence-corrected chi connectivity index (χ4v) is 4.12. The van der Waals surface area contributed by atoms with Crippen molar-refractivity contribution in [1.29, 1.82) is 0 Å². The van der Waals surface area contributed by atoms with Gasteiger partial charge in [-0.2, -0.15) is 5.10 Å². The Morgan fingerprint density at radius 2 is 1.93 bits per heavy atom. The average molecular weight is 365 g/mol. The minimum Gasteiger partial charge on any atom is -0.391 e. The number of aliphatic hydroxyl groups is 1. The summed E-state index contributed by atoms with van der Waals surface area (Å²) in [7, 11) is 0. The van der Waals surface area contributed by atoms with Crippen LogP contribution in [0.4, 0.5) is 0 Å². The van der Waals surface area contributed by atoms with Gasteiger partial charge in [-0.1, -0.05) is 54.6 Å². The molecule has 0 bridgehead atoms. The summed E-state index contributed by atoms with van der Waals surface area (Å²) >= 11 is 0. The fourth-order valence-electron chi connectivity index (χ4n) is 4.12. The number of nitrogens with zero attached hydrogens (tertiary/aromatic N) is 2. The molecular formula is C21H23N3O3. The minimum atomic E-state index is -0.580. The summed E-state index contributed by atoms with van der Waals surface area (Å²) in [5, 5.41) is 14.7. The van der Waals surface area contributed by atoms with E-state index in [1.807, 2.05) is 54.6 Å². The van der Waals surface area contributed by atoms with Gasteiger partial charge >= 0.3 is 0 Å². The van der Waals surface area contributed by atoms with Crippen LogP contribution in [0.25, 0.3) is 0 Å². The van der Waals surface area contributed by atoms with Crippen LogP contribution in [0.2, 0.25) is 0 Å². The second kappa shape index (κ2) is 7.48. The number of hydrogen-bond donors (Lipinski definition) is 2. The lowest BCUT2D eigenvalue weighted by Crippen LogP contribution is -2.48. The number of fused-ring (bicyclic) bond motifs is 1. The molecule has 1 aromatic rings. The fraction of sp³-hybridized carbons (Fsp3) is 0.381. The Morgan fingerprint density at radius 3 is 2.67 bits per heavy atom. The van der Waals surface area contributed by atoms with Gasteiger partial charge in [0.2, 0.25) is 11.8 Å². The Hall–Kier alpha value is -2.73. The van der Waals surface area contributed by atoms with E-state index in [2.05, 4.69) is 10.5 Å². The first-order valence-electron chi connectivity index (χ1n) is 9.35. The van der Waals surface area contributed by atoms with Crippen LogP contribution in [-0.2, 0) is 9.59 Å². The van der Waals surface area contributed by atoms with E-state index in [1.165, 1.54) is 0 Å². The van der Waals surface area contributed by atoms with Crippen LogP contribution in [0.15, 0.2) is 59.7 Å². The molecule has 0 radical (unpaired) electrons. The monoisotopic (exact) mass is 365 g/mol. The number of β-amino-alcohol motifs (C(OH)–C–C–N with tert-alkyl or cyclic N) is 1. The molecule has 2 aliphatic heterocycles. The highest BCUT2D eigenvalue weighted by atomic mass is 16.3. The predicted octanol–water partition coefficient (Wildman–Crippen LogP) is 1.60. The lowest BCUT2D eigenvalue weighted by atomic mass is 9.82. The van der Waals surface area contributed by atoms with Crippen LogP contribution in [-0.4, -0.2) is 46.7 Å². The number of likely N-dealkylation sites (tertiary alicyclic amines) is 1. The van der Waals surface area contributed by atoms with Crippen LogP contribution < -0.4 is 5.43 Å². The predicted molar refractivity (Wildman–Crippen MR) is 102 cm³/mol. The molecule has 27 heavy (non-hydrogen) atoms. The number of hydrazone groups is 1. The zero-order chi connectivity index (χ0) is 18.8. The molecule has 2 N–H and O–H groups in total. The van der Waals surface area contributed by atoms with E-state index in [0.29, 0.717) is 18.8 Å². The Morgan fingerprint density at radius 1 is 1.19 bits per heavy atom. The van der Waals surface area contributed by atoms with E-state index in [-0.39, 0.29) is 36.0 Å². The van der Waals surface area contributed by atoms with Crippen molar-refractivity contribution in [2.75, 3.05) is 13.1 Å². The van der Waals surface area contributed by atoms with E-state index in [1.54, 1.807) is 4.90 Å². The summed E-state index contributed by atoms with van der Waals surface area (Å²) in [6.45, 7) is 0.931. The van der Waals surface area contributed by atoms with Gasteiger partial charge < -0.3 is 10.0 Å². The third-order valence-corrected chi connectivity index (χ3v) is 5.63. The number of aliphatic hydroxyl groups excluding tert-OH is 1. The van der Waals surface area contributed by atoms with Gasteiger partial charge in [-0.15, -0.1) is 0 Å². The Kier molecular flexibility index (Phi) is 4.90. The summed E-state index contributed by atoms with van der Waals surface area (Å²) in [5.41, 5.74) is 4.30. The maximum atomic E-state index is 12.8. The standard InChI is InChI=1S/C21H23N3O3/c25-19-13-24(11-10-15(19)14-6-2-1-3-7-14)20(26)12-18-16-8-4-5-9-17(16)21(27)23-22-18/h1-9,15-17,19,25H,10-13H2,(H,23,27)/t15-,16+,17-,19+/m0/s1. The van der Waals surface area contributed by atoms with Gasteiger partial charge in [0.1, 0.15) is 0 Å². The number of hydrogen-bond acceptors (Lipinski definition) is 4. The molecule has 1 aromatic carbocycles. The second-order valence-corrected chi connectivity index (χ2v) is 7.29. The van der Waals surface area contributed by atoms with Gasteiger partial charge in [0.05, 0.1) is 24.2 Å². The molecule has 2 amide bonds. The molecule has 4 rings (SSSR count). The molecular weight excluding hydrogens is 342 g/mol. The molecule has 3 aliphatic rings. The van der Waals surface area contributed by atoms with Crippen molar-refractivity contribution >= 4 is 17.5 Å². The van der Waals surface area contributed by atoms with E-state index < -0.39 is 6.10 Å². The zero-order valence-corrected chi connectivity index (χ0v) is 15.0. The molecule has 1 saturated heterocycles. The summed E-state index contributed by atoms with van der Waals surface area (Å²) in [6.07, 6.45) is 7.80. The Labute approximate surface area is 158 Å². The van der Waals surface area contributed by atoms with Crippen LogP contribution in [0, 0.1) is 11.8 Å². The number of carbonyl (C=O) groups excluding carboxylic acids is 2. The molecule has 1 aliphatic carbocycles. The number of benzene rings is 1. The van der Waals surface area contributed by atoms with E-state index in [9.17, 15) is 14.7 Å². The summed E-state index contributed by atoms with van der Waals surface area (Å²) in [4.78, 5) is 26.4. The third kappa shape index (κ3) is 3.57. The molecule has 6 heteroatoms. The lowest BCUT2D eigenvalue weighted by Gasteiger charge is -2.37. The number of rotatable bonds is 3. The molecule has 2 heterocycles. The first kappa shape index (κ1) is 17.7. The average Bonchev–Trinajstić information content (AvgIpc) is 2.71. The molecule has 140 valence electrons. The SMILES string of the molecule is O=C1NN=C(CC(=O)N2CC[C@@H](c3ccccc3)[C@H](O)C2)[C@@H]2C=CC=C[C@H]12. The number of nitrogens with one attached hydrogen (secondary N) is 1. The normalized spacial score (nSPS) is 29.7. The topological polar surface area (TPSA) is 82.0 Å². The highest BCUT2D eigenvalue weighted by Crippen LogP contribution is 2.30. The summed E-state index contributed by atoms with van der Waals surface area (Å²) in [6, 6.07) is 9.94. The van der Waals surface area contributed by atoms with Gasteiger partial charge in [-0.3, -0.25) is 9.59 Å². The largest absolute Gasteiger partial charge is 0.391 e. The number of allylic oxidation sites excluding steroid dienone is 3. The van der Waals surface area contributed by atoms with Crippen LogP contribution in [0.1, 0.15) is 24.3 Å². The second-order valence-electron chi connectivity index (χ2n) is 7.29. The van der Waals surface area contributed by atoms with Crippen molar-refractivity contribution in [2.24, 2.45) is 16.9 Å². The van der Waals surface area contributed by atoms with Crippen molar-refractivity contribution in [3.8, 4) is 0 Å². The molecule has 0 unspecified atom stereocenters. The highest BCUT2D eigenvalue weighted by Gasteiger charge is 2.36. The first-order chi connectivity index (χ1) is 13.1. The van der Waals surface area contributed by atoms with Gasteiger partial charge in [0.25, 0.3) is 0 Å². The van der Waals surface area contributed by atoms with Gasteiger partial charge in [0, 0.05) is 24.9 Å². The van der Waals surface area contributed by atoms with Crippen molar-refractivity contribution in [3.63, 3.8) is 0 Å². The minimum absolute atomic E-state index is 0.0531. The van der Waals surface area contributed by atoms with E-state index in [0.717, 1.165) is 12.0 Å². The number of amides is 2. The molecule has 1 fully saturated rings. The van der Waals surface area contributed by atoms with Crippen LogP contribution >= 0.6 is 0 Å². The van der Waals surface area contributed by atoms with Crippen LogP contribution in [0.5, 0.6) is 0 Å².